The summed E-state index contributed by atoms with van der Waals surface area (Å²) in [5, 5.41) is 5.01. The third-order valence-electron chi connectivity index (χ3n) is 2.54. The van der Waals surface area contributed by atoms with Crippen LogP contribution in [0.5, 0.6) is 0 Å². The van der Waals surface area contributed by atoms with E-state index in [9.17, 15) is 19.2 Å². The molecule has 20 heavy (non-hydrogen) atoms. The van der Waals surface area contributed by atoms with Crippen LogP contribution in [-0.2, 0) is 9.59 Å². The fraction of sp³-hybridized carbons (Fsp3) is 0.286. The molecular weight excluding hydrogens is 260 g/mol. The average molecular weight is 276 g/mol. The summed E-state index contributed by atoms with van der Waals surface area (Å²) in [7, 11) is 0. The number of amides is 2. The van der Waals surface area contributed by atoms with Gasteiger partial charge in [0, 0.05) is 25.0 Å². The number of carbonyl (C=O) groups excluding carboxylic acids is 4. The van der Waals surface area contributed by atoms with Gasteiger partial charge in [-0.1, -0.05) is 0 Å². The van der Waals surface area contributed by atoms with E-state index in [2.05, 4.69) is 10.6 Å². The second-order valence-corrected chi connectivity index (χ2v) is 4.42. The van der Waals surface area contributed by atoms with E-state index in [1.54, 1.807) is 0 Å². The highest BCUT2D eigenvalue weighted by atomic mass is 16.2. The van der Waals surface area contributed by atoms with Crippen molar-refractivity contribution in [2.75, 3.05) is 10.6 Å². The lowest BCUT2D eigenvalue weighted by Gasteiger charge is -2.14. The lowest BCUT2D eigenvalue weighted by atomic mass is 10.0. The minimum Gasteiger partial charge on any atom is -0.326 e. The largest absolute Gasteiger partial charge is 0.326 e. The molecule has 0 saturated heterocycles. The monoisotopic (exact) mass is 276 g/mol. The van der Waals surface area contributed by atoms with Crippen LogP contribution in [-0.4, -0.2) is 23.4 Å². The van der Waals surface area contributed by atoms with Gasteiger partial charge < -0.3 is 10.6 Å². The van der Waals surface area contributed by atoms with Crippen LogP contribution in [0.1, 0.15) is 48.4 Å². The minimum absolute atomic E-state index is 0.231. The van der Waals surface area contributed by atoms with Crippen LogP contribution in [0.2, 0.25) is 0 Å². The van der Waals surface area contributed by atoms with Gasteiger partial charge in [-0.05, 0) is 26.0 Å². The Morgan fingerprint density at radius 2 is 1.00 bits per heavy atom. The molecule has 0 radical (unpaired) electrons. The van der Waals surface area contributed by atoms with Gasteiger partial charge in [0.2, 0.25) is 11.8 Å². The zero-order valence-corrected chi connectivity index (χ0v) is 11.8. The molecule has 106 valence electrons. The molecule has 0 aliphatic carbocycles. The van der Waals surface area contributed by atoms with Crippen molar-refractivity contribution in [2.45, 2.75) is 27.7 Å². The molecule has 1 aromatic rings. The van der Waals surface area contributed by atoms with Gasteiger partial charge in [0.25, 0.3) is 0 Å². The number of ketones is 2. The van der Waals surface area contributed by atoms with Crippen molar-refractivity contribution < 1.29 is 19.2 Å². The predicted molar refractivity (Wildman–Crippen MR) is 75.1 cm³/mol. The molecule has 0 heterocycles. The van der Waals surface area contributed by atoms with E-state index in [1.807, 2.05) is 0 Å². The summed E-state index contributed by atoms with van der Waals surface area (Å²) in [6.07, 6.45) is 0. The number of hydrogen-bond donors (Lipinski definition) is 2. The summed E-state index contributed by atoms with van der Waals surface area (Å²) >= 11 is 0. The van der Waals surface area contributed by atoms with Crippen LogP contribution in [0.4, 0.5) is 11.4 Å². The molecule has 1 rings (SSSR count). The Hall–Kier alpha value is -2.50. The van der Waals surface area contributed by atoms with E-state index >= 15 is 0 Å². The van der Waals surface area contributed by atoms with Crippen molar-refractivity contribution in [1.29, 1.82) is 0 Å². The van der Waals surface area contributed by atoms with E-state index in [0.717, 1.165) is 0 Å². The Labute approximate surface area is 116 Å². The molecule has 0 spiro atoms. The van der Waals surface area contributed by atoms with E-state index in [1.165, 1.54) is 39.8 Å². The van der Waals surface area contributed by atoms with Gasteiger partial charge in [0.1, 0.15) is 0 Å². The first-order chi connectivity index (χ1) is 9.22. The highest BCUT2D eigenvalue weighted by molar-refractivity contribution is 6.10. The molecule has 0 fully saturated rings. The highest BCUT2D eigenvalue weighted by Crippen LogP contribution is 2.26. The Bertz CT molecular complexity index is 552. The van der Waals surface area contributed by atoms with Crippen molar-refractivity contribution in [1.82, 2.24) is 0 Å². The molecule has 0 aromatic heterocycles. The maximum Gasteiger partial charge on any atom is 0.221 e. The molecule has 0 aliphatic heterocycles. The maximum atomic E-state index is 11.6. The number of anilines is 2. The first-order valence-electron chi connectivity index (χ1n) is 5.97. The lowest BCUT2D eigenvalue weighted by molar-refractivity contribution is -0.115. The molecule has 0 bridgehead atoms. The second kappa shape index (κ2) is 6.10. The molecule has 2 N–H and O–H groups in total. The summed E-state index contributed by atoms with van der Waals surface area (Å²) in [5.41, 5.74) is 0.969. The standard InChI is InChI=1S/C14H16N2O4/c1-7(17)11-5-14(16-10(4)20)12(8(2)18)6-13(11)15-9(3)19/h5-6H,1-4H3,(H,15,19)(H,16,20). The predicted octanol–water partition coefficient (Wildman–Crippen LogP) is 2.01. The number of hydrogen-bond acceptors (Lipinski definition) is 4. The van der Waals surface area contributed by atoms with Gasteiger partial charge in [-0.25, -0.2) is 0 Å². The molecule has 0 unspecified atom stereocenters. The second-order valence-electron chi connectivity index (χ2n) is 4.42. The number of carbonyl (C=O) groups is 4. The smallest absolute Gasteiger partial charge is 0.221 e. The van der Waals surface area contributed by atoms with Gasteiger partial charge in [-0.2, -0.15) is 0 Å². The number of rotatable bonds is 4. The molecule has 2 amide bonds. The van der Waals surface area contributed by atoms with Gasteiger partial charge in [0.05, 0.1) is 11.4 Å². The SMILES string of the molecule is CC(=O)Nc1cc(C(C)=O)c(NC(C)=O)cc1C(C)=O. The Balaban J connectivity index is 3.50. The van der Waals surface area contributed by atoms with Gasteiger partial charge in [-0.3, -0.25) is 19.2 Å². The first-order valence-corrected chi connectivity index (χ1v) is 5.97. The molecule has 6 nitrogen and oxygen atoms in total. The first kappa shape index (κ1) is 15.6. The van der Waals surface area contributed by atoms with E-state index in [0.29, 0.717) is 0 Å². The normalized spacial score (nSPS) is 9.80. The van der Waals surface area contributed by atoms with Gasteiger partial charge in [-0.15, -0.1) is 0 Å². The summed E-state index contributed by atoms with van der Waals surface area (Å²) in [5.74, 6) is -1.27. The molecule has 1 aromatic carbocycles. The quantitative estimate of drug-likeness (QED) is 0.823. The lowest BCUT2D eigenvalue weighted by Crippen LogP contribution is -2.15. The van der Waals surface area contributed by atoms with Crippen LogP contribution >= 0.6 is 0 Å². The number of nitrogens with one attached hydrogen (secondary N) is 2. The Kier molecular flexibility index (Phi) is 4.74. The third kappa shape index (κ3) is 3.74. The van der Waals surface area contributed by atoms with E-state index in [-0.39, 0.29) is 45.9 Å². The van der Waals surface area contributed by atoms with Crippen molar-refractivity contribution in [2.24, 2.45) is 0 Å². The van der Waals surface area contributed by atoms with Crippen molar-refractivity contribution in [3.8, 4) is 0 Å². The number of benzene rings is 1. The van der Waals surface area contributed by atoms with Crippen LogP contribution in [0.25, 0.3) is 0 Å². The maximum absolute atomic E-state index is 11.6. The molecule has 0 saturated carbocycles. The zero-order valence-electron chi connectivity index (χ0n) is 11.8. The summed E-state index contributed by atoms with van der Waals surface area (Å²) in [6, 6.07) is 2.79. The summed E-state index contributed by atoms with van der Waals surface area (Å²) in [6.45, 7) is 5.29. The van der Waals surface area contributed by atoms with E-state index in [4.69, 9.17) is 0 Å². The minimum atomic E-state index is -0.353. The summed E-state index contributed by atoms with van der Waals surface area (Å²) in [4.78, 5) is 45.5. The van der Waals surface area contributed by atoms with Crippen LogP contribution < -0.4 is 10.6 Å². The average Bonchev–Trinajstić information content (AvgIpc) is 2.28. The molecular formula is C14H16N2O4. The van der Waals surface area contributed by atoms with Crippen molar-refractivity contribution in [3.63, 3.8) is 0 Å². The van der Waals surface area contributed by atoms with Crippen LogP contribution in [0.3, 0.4) is 0 Å². The molecule has 6 heteroatoms. The van der Waals surface area contributed by atoms with Crippen LogP contribution in [0.15, 0.2) is 12.1 Å². The third-order valence-corrected chi connectivity index (χ3v) is 2.54. The van der Waals surface area contributed by atoms with Crippen molar-refractivity contribution in [3.05, 3.63) is 23.3 Å². The summed E-state index contributed by atoms with van der Waals surface area (Å²) < 4.78 is 0. The molecule has 0 atom stereocenters. The topological polar surface area (TPSA) is 92.3 Å². The Morgan fingerprint density at radius 1 is 0.700 bits per heavy atom. The highest BCUT2D eigenvalue weighted by Gasteiger charge is 2.17. The van der Waals surface area contributed by atoms with Crippen LogP contribution in [0, 0.1) is 0 Å². The zero-order chi connectivity index (χ0) is 15.4. The van der Waals surface area contributed by atoms with Gasteiger partial charge >= 0.3 is 0 Å². The molecule has 0 aliphatic rings. The number of Topliss-reactive ketones (excluding diaryl/α,β-unsaturated/α-hetero) is 2. The fourth-order valence-corrected chi connectivity index (χ4v) is 1.77. The van der Waals surface area contributed by atoms with Crippen molar-refractivity contribution >= 4 is 34.8 Å². The Morgan fingerprint density at radius 3 is 1.20 bits per heavy atom. The fourth-order valence-electron chi connectivity index (χ4n) is 1.77. The van der Waals surface area contributed by atoms with Gasteiger partial charge in [0.15, 0.2) is 11.6 Å². The van der Waals surface area contributed by atoms with E-state index < -0.39 is 0 Å².